The molecule has 2 aromatic rings. The van der Waals surface area contributed by atoms with Gasteiger partial charge in [0.2, 0.25) is 0 Å². The first-order chi connectivity index (χ1) is 10.6. The molecule has 1 N–H and O–H groups in total. The van der Waals surface area contributed by atoms with Gasteiger partial charge in [0.05, 0.1) is 17.6 Å². The molecule has 0 radical (unpaired) electrons. The number of nitrogens with one attached hydrogen (secondary N) is 1. The number of hydrogen-bond donors (Lipinski definition) is 1. The van der Waals surface area contributed by atoms with Gasteiger partial charge in [-0.1, -0.05) is 26.0 Å². The third-order valence-electron chi connectivity index (χ3n) is 4.11. The fourth-order valence-electron chi connectivity index (χ4n) is 2.84. The molecular weight excluding hydrogens is 276 g/mol. The number of likely N-dealkylation sites (N-methyl/N-ethyl adjacent to an activating group) is 1. The Hall–Kier alpha value is -2.30. The van der Waals surface area contributed by atoms with Crippen molar-refractivity contribution in [1.82, 2.24) is 9.97 Å². The second kappa shape index (κ2) is 5.83. The monoisotopic (exact) mass is 298 g/mol. The van der Waals surface area contributed by atoms with E-state index in [1.165, 1.54) is 0 Å². The highest BCUT2D eigenvalue weighted by Crippen LogP contribution is 2.33. The van der Waals surface area contributed by atoms with Gasteiger partial charge in [0.1, 0.15) is 11.5 Å². The quantitative estimate of drug-likeness (QED) is 0.947. The van der Waals surface area contributed by atoms with E-state index < -0.39 is 0 Å². The first-order valence-corrected chi connectivity index (χ1v) is 7.82. The summed E-state index contributed by atoms with van der Waals surface area (Å²) in [5.41, 5.74) is 2.65. The topological polar surface area (TPSA) is 52.2 Å². The molecule has 0 bridgehead atoms. The molecule has 22 heavy (non-hydrogen) atoms. The van der Waals surface area contributed by atoms with E-state index in [1.54, 1.807) is 6.20 Å². The number of amides is 1. The van der Waals surface area contributed by atoms with Crippen molar-refractivity contribution in [3.8, 4) is 0 Å². The lowest BCUT2D eigenvalue weighted by atomic mass is 10.1. The molecule has 3 rings (SSSR count). The van der Waals surface area contributed by atoms with Gasteiger partial charge in [0, 0.05) is 25.6 Å². The van der Waals surface area contributed by atoms with E-state index in [2.05, 4.69) is 41.7 Å². The summed E-state index contributed by atoms with van der Waals surface area (Å²) in [4.78, 5) is 24.4. The van der Waals surface area contributed by atoms with E-state index in [1.807, 2.05) is 23.1 Å². The molecule has 1 aliphatic rings. The van der Waals surface area contributed by atoms with Crippen LogP contribution in [0.4, 0.5) is 11.4 Å². The number of anilines is 2. The normalized spacial score (nSPS) is 14.4. The SMILES string of the molecule is CCN1CCN(C(=O)c2cnc(C(C)C)[nH]2)c2ccccc21. The number of para-hydroxylation sites is 2. The summed E-state index contributed by atoms with van der Waals surface area (Å²) in [5, 5.41) is 0. The summed E-state index contributed by atoms with van der Waals surface area (Å²) in [7, 11) is 0. The first kappa shape index (κ1) is 14.6. The lowest BCUT2D eigenvalue weighted by molar-refractivity contribution is 0.0982. The molecule has 0 atom stereocenters. The molecule has 0 fully saturated rings. The minimum atomic E-state index is -0.0115. The van der Waals surface area contributed by atoms with Crippen molar-refractivity contribution < 1.29 is 4.79 Å². The summed E-state index contributed by atoms with van der Waals surface area (Å²) >= 11 is 0. The number of nitrogens with zero attached hydrogens (tertiary/aromatic N) is 3. The van der Waals surface area contributed by atoms with Crippen molar-refractivity contribution in [3.63, 3.8) is 0 Å². The second-order valence-corrected chi connectivity index (χ2v) is 5.86. The lowest BCUT2D eigenvalue weighted by Gasteiger charge is -2.37. The number of aromatic nitrogens is 2. The van der Waals surface area contributed by atoms with Gasteiger partial charge in [0.25, 0.3) is 5.91 Å². The Morgan fingerprint density at radius 2 is 2.00 bits per heavy atom. The summed E-state index contributed by atoms with van der Waals surface area (Å²) in [5.74, 6) is 1.12. The molecule has 2 heterocycles. The van der Waals surface area contributed by atoms with Gasteiger partial charge < -0.3 is 14.8 Å². The molecule has 1 aromatic carbocycles. The Labute approximate surface area is 131 Å². The van der Waals surface area contributed by atoms with Gasteiger partial charge in [-0.25, -0.2) is 4.98 Å². The lowest BCUT2D eigenvalue weighted by Crippen LogP contribution is -2.44. The van der Waals surface area contributed by atoms with Crippen LogP contribution in [0.15, 0.2) is 30.5 Å². The van der Waals surface area contributed by atoms with E-state index >= 15 is 0 Å². The largest absolute Gasteiger partial charge is 0.368 e. The van der Waals surface area contributed by atoms with Gasteiger partial charge in [-0.15, -0.1) is 0 Å². The third kappa shape index (κ3) is 2.47. The van der Waals surface area contributed by atoms with Crippen molar-refractivity contribution in [3.05, 3.63) is 42.0 Å². The molecule has 116 valence electrons. The van der Waals surface area contributed by atoms with Gasteiger partial charge in [-0.3, -0.25) is 4.79 Å². The summed E-state index contributed by atoms with van der Waals surface area (Å²) < 4.78 is 0. The molecule has 5 nitrogen and oxygen atoms in total. The third-order valence-corrected chi connectivity index (χ3v) is 4.11. The van der Waals surface area contributed by atoms with Crippen molar-refractivity contribution in [2.75, 3.05) is 29.4 Å². The van der Waals surface area contributed by atoms with E-state index in [4.69, 9.17) is 0 Å². The van der Waals surface area contributed by atoms with Crippen LogP contribution in [-0.4, -0.2) is 35.5 Å². The Morgan fingerprint density at radius 1 is 1.27 bits per heavy atom. The molecule has 1 aliphatic heterocycles. The molecule has 5 heteroatoms. The number of imidazole rings is 1. The zero-order chi connectivity index (χ0) is 15.7. The highest BCUT2D eigenvalue weighted by atomic mass is 16.2. The van der Waals surface area contributed by atoms with Crippen LogP contribution in [-0.2, 0) is 0 Å². The number of aromatic amines is 1. The van der Waals surface area contributed by atoms with E-state index in [0.29, 0.717) is 12.2 Å². The highest BCUT2D eigenvalue weighted by molar-refractivity contribution is 6.07. The van der Waals surface area contributed by atoms with Crippen LogP contribution in [0.3, 0.4) is 0 Å². The minimum absolute atomic E-state index is 0.0115. The van der Waals surface area contributed by atoms with Crippen LogP contribution in [0.2, 0.25) is 0 Å². The van der Waals surface area contributed by atoms with Gasteiger partial charge in [0.15, 0.2) is 0 Å². The molecule has 0 aliphatic carbocycles. The minimum Gasteiger partial charge on any atom is -0.368 e. The maximum atomic E-state index is 12.8. The zero-order valence-corrected chi connectivity index (χ0v) is 13.3. The second-order valence-electron chi connectivity index (χ2n) is 5.86. The van der Waals surface area contributed by atoms with Crippen LogP contribution >= 0.6 is 0 Å². The van der Waals surface area contributed by atoms with Crippen LogP contribution in [0.25, 0.3) is 0 Å². The van der Waals surface area contributed by atoms with Crippen LogP contribution in [0, 0.1) is 0 Å². The number of hydrogen-bond acceptors (Lipinski definition) is 3. The van der Waals surface area contributed by atoms with Crippen molar-refractivity contribution in [2.45, 2.75) is 26.7 Å². The summed E-state index contributed by atoms with van der Waals surface area (Å²) in [6.45, 7) is 8.74. The maximum Gasteiger partial charge on any atom is 0.276 e. The number of benzene rings is 1. The molecule has 0 saturated carbocycles. The van der Waals surface area contributed by atoms with Gasteiger partial charge >= 0.3 is 0 Å². The van der Waals surface area contributed by atoms with E-state index in [-0.39, 0.29) is 11.8 Å². The first-order valence-electron chi connectivity index (χ1n) is 7.82. The predicted molar refractivity (Wildman–Crippen MR) is 88.7 cm³/mol. The Kier molecular flexibility index (Phi) is 3.88. The van der Waals surface area contributed by atoms with Crippen LogP contribution in [0.5, 0.6) is 0 Å². The van der Waals surface area contributed by atoms with E-state index in [9.17, 15) is 4.79 Å². The van der Waals surface area contributed by atoms with Crippen LogP contribution < -0.4 is 9.80 Å². The zero-order valence-electron chi connectivity index (χ0n) is 13.3. The van der Waals surface area contributed by atoms with E-state index in [0.717, 1.165) is 30.3 Å². The predicted octanol–water partition coefficient (Wildman–Crippen LogP) is 3.02. The number of rotatable bonds is 3. The number of carbonyl (C=O) groups excluding carboxylic acids is 1. The maximum absolute atomic E-state index is 12.8. The van der Waals surface area contributed by atoms with Gasteiger partial charge in [-0.2, -0.15) is 0 Å². The number of carbonyl (C=O) groups is 1. The average molecular weight is 298 g/mol. The highest BCUT2D eigenvalue weighted by Gasteiger charge is 2.27. The Bertz CT molecular complexity index is 677. The fourth-order valence-corrected chi connectivity index (χ4v) is 2.84. The molecule has 1 amide bonds. The van der Waals surface area contributed by atoms with Crippen molar-refractivity contribution >= 4 is 17.3 Å². The van der Waals surface area contributed by atoms with Crippen LogP contribution in [0.1, 0.15) is 43.0 Å². The summed E-state index contributed by atoms with van der Waals surface area (Å²) in [6.07, 6.45) is 1.65. The molecule has 0 spiro atoms. The van der Waals surface area contributed by atoms with Gasteiger partial charge in [-0.05, 0) is 19.1 Å². The molecular formula is C17H22N4O. The smallest absolute Gasteiger partial charge is 0.276 e. The average Bonchev–Trinajstić information content (AvgIpc) is 3.03. The molecule has 0 unspecified atom stereocenters. The Morgan fingerprint density at radius 3 is 2.64 bits per heavy atom. The molecule has 1 aromatic heterocycles. The fraction of sp³-hybridized carbons (Fsp3) is 0.412. The standard InChI is InChI=1S/C17H22N4O/c1-4-20-9-10-21(15-8-6-5-7-14(15)20)17(22)13-11-18-16(19-13)12(2)3/h5-8,11-12H,4,9-10H2,1-3H3,(H,18,19). The Balaban J connectivity index is 1.93. The summed E-state index contributed by atoms with van der Waals surface area (Å²) in [6, 6.07) is 8.08. The van der Waals surface area contributed by atoms with Crippen molar-refractivity contribution in [1.29, 1.82) is 0 Å². The number of H-pyrrole nitrogens is 1. The molecule has 0 saturated heterocycles. The number of fused-ring (bicyclic) bond motifs is 1. The van der Waals surface area contributed by atoms with Crippen molar-refractivity contribution in [2.24, 2.45) is 0 Å².